The number of carbonyl (C=O) groups is 1. The molecule has 33 heavy (non-hydrogen) atoms. The predicted octanol–water partition coefficient (Wildman–Crippen LogP) is 3.85. The number of aromatic carboxylic acids is 1. The molecule has 0 aliphatic carbocycles. The number of nitrogens with one attached hydrogen (secondary N) is 1. The Morgan fingerprint density at radius 3 is 2.58 bits per heavy atom. The highest BCUT2D eigenvalue weighted by Crippen LogP contribution is 2.34. The Morgan fingerprint density at radius 2 is 1.94 bits per heavy atom. The van der Waals surface area contributed by atoms with Crippen LogP contribution in [0.1, 0.15) is 29.3 Å². The Kier molecular flexibility index (Phi) is 5.92. The molecule has 0 radical (unpaired) electrons. The highest BCUT2D eigenvalue weighted by molar-refractivity contribution is 5.95. The molecule has 1 fully saturated rings. The standard InChI is InChI=1S/C24H24F3N3O3/c1-12-21-19(9-20(22(12)27)29-7-6-14(10-29)13(2)28-3)30(11-16(23(21)31)24(32)33)18-5-4-15(25)8-17(18)26/h4-5,8-9,11,13-14,28H,6-7,10H2,1-3H3,(H,32,33)/t13-,14+/m1/s1. The second kappa shape index (κ2) is 8.55. The number of carboxylic acids is 1. The van der Waals surface area contributed by atoms with Crippen molar-refractivity contribution in [2.24, 2.45) is 5.92 Å². The minimum Gasteiger partial charge on any atom is -0.477 e. The number of fused-ring (bicyclic) bond motifs is 1. The first kappa shape index (κ1) is 22.8. The van der Waals surface area contributed by atoms with Crippen molar-refractivity contribution in [1.82, 2.24) is 9.88 Å². The van der Waals surface area contributed by atoms with Crippen LogP contribution in [0.25, 0.3) is 16.6 Å². The van der Waals surface area contributed by atoms with Crippen LogP contribution in [0.5, 0.6) is 0 Å². The molecule has 9 heteroatoms. The normalized spacial score (nSPS) is 17.0. The summed E-state index contributed by atoms with van der Waals surface area (Å²) in [4.78, 5) is 26.5. The molecule has 2 N–H and O–H groups in total. The van der Waals surface area contributed by atoms with Crippen LogP contribution in [0.15, 0.2) is 35.3 Å². The van der Waals surface area contributed by atoms with E-state index in [1.54, 1.807) is 0 Å². The molecular weight excluding hydrogens is 435 g/mol. The van der Waals surface area contributed by atoms with E-state index < -0.39 is 34.4 Å². The molecule has 4 rings (SSSR count). The van der Waals surface area contributed by atoms with Gasteiger partial charge in [0.05, 0.1) is 22.3 Å². The number of nitrogens with zero attached hydrogens (tertiary/aromatic N) is 2. The Bertz CT molecular complexity index is 1320. The molecule has 2 aromatic carbocycles. The molecule has 0 saturated carbocycles. The maximum Gasteiger partial charge on any atom is 0.341 e. The van der Waals surface area contributed by atoms with Gasteiger partial charge in [-0.15, -0.1) is 0 Å². The van der Waals surface area contributed by atoms with Gasteiger partial charge in [0, 0.05) is 37.0 Å². The fourth-order valence-electron chi connectivity index (χ4n) is 4.54. The topological polar surface area (TPSA) is 74.6 Å². The zero-order valence-electron chi connectivity index (χ0n) is 18.5. The fraction of sp³-hybridized carbons (Fsp3) is 0.333. The molecular formula is C24H24F3N3O3. The largest absolute Gasteiger partial charge is 0.477 e. The van der Waals surface area contributed by atoms with Gasteiger partial charge in [-0.05, 0) is 51.4 Å². The monoisotopic (exact) mass is 459 g/mol. The number of carboxylic acid groups (broad SMARTS) is 1. The highest BCUT2D eigenvalue weighted by Gasteiger charge is 2.30. The van der Waals surface area contributed by atoms with E-state index in [2.05, 4.69) is 12.2 Å². The van der Waals surface area contributed by atoms with Crippen molar-refractivity contribution in [3.8, 4) is 5.69 Å². The third-order valence-electron chi connectivity index (χ3n) is 6.58. The molecule has 1 aliphatic heterocycles. The van der Waals surface area contributed by atoms with Gasteiger partial charge in [-0.3, -0.25) is 4.79 Å². The molecule has 1 saturated heterocycles. The molecule has 0 bridgehead atoms. The molecule has 1 aromatic heterocycles. The maximum absolute atomic E-state index is 15.5. The zero-order valence-corrected chi connectivity index (χ0v) is 18.5. The summed E-state index contributed by atoms with van der Waals surface area (Å²) in [5.74, 6) is -3.60. The van der Waals surface area contributed by atoms with Crippen molar-refractivity contribution in [3.63, 3.8) is 0 Å². The van der Waals surface area contributed by atoms with E-state index >= 15 is 4.39 Å². The molecule has 2 heterocycles. The number of rotatable bonds is 5. The van der Waals surface area contributed by atoms with Gasteiger partial charge in [-0.2, -0.15) is 0 Å². The first-order valence-electron chi connectivity index (χ1n) is 10.6. The molecule has 6 nitrogen and oxygen atoms in total. The summed E-state index contributed by atoms with van der Waals surface area (Å²) in [6.07, 6.45) is 1.84. The van der Waals surface area contributed by atoms with E-state index in [4.69, 9.17) is 0 Å². The summed E-state index contributed by atoms with van der Waals surface area (Å²) >= 11 is 0. The van der Waals surface area contributed by atoms with Crippen molar-refractivity contribution in [1.29, 1.82) is 0 Å². The first-order valence-corrected chi connectivity index (χ1v) is 10.6. The summed E-state index contributed by atoms with van der Waals surface area (Å²) in [5.41, 5.74) is -1.26. The van der Waals surface area contributed by atoms with E-state index in [9.17, 15) is 23.5 Å². The lowest BCUT2D eigenvalue weighted by Gasteiger charge is -2.24. The van der Waals surface area contributed by atoms with Crippen LogP contribution in [0, 0.1) is 30.3 Å². The first-order chi connectivity index (χ1) is 15.6. The molecule has 0 unspecified atom stereocenters. The van der Waals surface area contributed by atoms with Crippen LogP contribution < -0.4 is 15.6 Å². The van der Waals surface area contributed by atoms with Gasteiger partial charge >= 0.3 is 5.97 Å². The fourth-order valence-corrected chi connectivity index (χ4v) is 4.54. The van der Waals surface area contributed by atoms with Crippen molar-refractivity contribution < 1.29 is 23.1 Å². The molecule has 3 aromatic rings. The second-order valence-corrected chi connectivity index (χ2v) is 8.44. The maximum atomic E-state index is 15.5. The predicted molar refractivity (Wildman–Crippen MR) is 120 cm³/mol. The number of aryl methyl sites for hydroxylation is 1. The Morgan fingerprint density at radius 1 is 1.21 bits per heavy atom. The number of benzene rings is 2. The lowest BCUT2D eigenvalue weighted by molar-refractivity contribution is 0.0695. The molecule has 0 amide bonds. The second-order valence-electron chi connectivity index (χ2n) is 8.44. The van der Waals surface area contributed by atoms with Crippen LogP contribution >= 0.6 is 0 Å². The van der Waals surface area contributed by atoms with Gasteiger partial charge in [0.1, 0.15) is 23.0 Å². The van der Waals surface area contributed by atoms with Gasteiger partial charge < -0.3 is 19.9 Å². The summed E-state index contributed by atoms with van der Waals surface area (Å²) in [7, 11) is 1.87. The molecule has 2 atom stereocenters. The summed E-state index contributed by atoms with van der Waals surface area (Å²) in [6, 6.07) is 4.52. The average molecular weight is 459 g/mol. The third kappa shape index (κ3) is 3.86. The molecule has 174 valence electrons. The number of pyridine rings is 1. The van der Waals surface area contributed by atoms with Gasteiger partial charge in [-0.25, -0.2) is 18.0 Å². The summed E-state index contributed by atoms with van der Waals surface area (Å²) < 4.78 is 44.9. The minimum atomic E-state index is -1.52. The number of hydrogen-bond donors (Lipinski definition) is 2. The van der Waals surface area contributed by atoms with E-state index in [-0.39, 0.29) is 39.8 Å². The smallest absolute Gasteiger partial charge is 0.341 e. The minimum absolute atomic E-state index is 0.0167. The van der Waals surface area contributed by atoms with E-state index in [0.717, 1.165) is 24.8 Å². The number of halogens is 3. The lowest BCUT2D eigenvalue weighted by atomic mass is 10.0. The van der Waals surface area contributed by atoms with Crippen molar-refractivity contribution in [3.05, 3.63) is 69.3 Å². The van der Waals surface area contributed by atoms with Crippen LogP contribution in [-0.2, 0) is 0 Å². The van der Waals surface area contributed by atoms with Gasteiger partial charge in [0.2, 0.25) is 5.43 Å². The Balaban J connectivity index is 2.00. The summed E-state index contributed by atoms with van der Waals surface area (Å²) in [5, 5.41) is 12.6. The third-order valence-corrected chi connectivity index (χ3v) is 6.58. The van der Waals surface area contributed by atoms with Gasteiger partial charge in [-0.1, -0.05) is 0 Å². The van der Waals surface area contributed by atoms with Crippen molar-refractivity contribution >= 4 is 22.6 Å². The van der Waals surface area contributed by atoms with E-state index in [0.29, 0.717) is 19.2 Å². The Labute approximate surface area is 188 Å². The van der Waals surface area contributed by atoms with Crippen LogP contribution in [0.3, 0.4) is 0 Å². The number of anilines is 1. The van der Waals surface area contributed by atoms with Gasteiger partial charge in [0.15, 0.2) is 0 Å². The highest BCUT2D eigenvalue weighted by atomic mass is 19.1. The number of hydrogen-bond acceptors (Lipinski definition) is 4. The zero-order chi connectivity index (χ0) is 24.0. The van der Waals surface area contributed by atoms with Crippen LogP contribution in [0.2, 0.25) is 0 Å². The quantitative estimate of drug-likeness (QED) is 0.606. The van der Waals surface area contributed by atoms with Gasteiger partial charge in [0.25, 0.3) is 0 Å². The molecule has 0 spiro atoms. The lowest BCUT2D eigenvalue weighted by Crippen LogP contribution is -2.33. The SMILES string of the molecule is CN[C@H](C)[C@H]1CCN(c2cc3c(c(C)c2F)c(=O)c(C(=O)O)cn3-c2ccc(F)cc2F)C1. The van der Waals surface area contributed by atoms with E-state index in [1.807, 2.05) is 11.9 Å². The van der Waals surface area contributed by atoms with Crippen molar-refractivity contribution in [2.45, 2.75) is 26.3 Å². The molecule has 1 aliphatic rings. The average Bonchev–Trinajstić information content (AvgIpc) is 3.26. The van der Waals surface area contributed by atoms with Crippen LogP contribution in [-0.4, -0.2) is 41.8 Å². The van der Waals surface area contributed by atoms with Crippen molar-refractivity contribution in [2.75, 3.05) is 25.0 Å². The number of aromatic nitrogens is 1. The van der Waals surface area contributed by atoms with E-state index in [1.165, 1.54) is 17.6 Å². The Hall–Kier alpha value is -3.33. The summed E-state index contributed by atoms with van der Waals surface area (Å²) in [6.45, 7) is 4.65. The van der Waals surface area contributed by atoms with Crippen LogP contribution in [0.4, 0.5) is 18.9 Å².